The van der Waals surface area contributed by atoms with Gasteiger partial charge in [-0.3, -0.25) is 4.98 Å². The molecular weight excluding hydrogens is 360 g/mol. The van der Waals surface area contributed by atoms with Crippen LogP contribution in [-0.2, 0) is 11.3 Å². The van der Waals surface area contributed by atoms with E-state index in [2.05, 4.69) is 14.9 Å². The van der Waals surface area contributed by atoms with Crippen molar-refractivity contribution in [2.75, 3.05) is 25.2 Å². The fraction of sp³-hybridized carbons (Fsp3) is 0.250. The van der Waals surface area contributed by atoms with Crippen molar-refractivity contribution in [1.82, 2.24) is 14.5 Å². The highest BCUT2D eigenvalue weighted by Crippen LogP contribution is 2.37. The second-order valence-electron chi connectivity index (χ2n) is 6.28. The molecule has 0 atom stereocenters. The van der Waals surface area contributed by atoms with Crippen molar-refractivity contribution in [1.29, 1.82) is 0 Å². The van der Waals surface area contributed by atoms with Crippen molar-refractivity contribution in [2.24, 2.45) is 0 Å². The standard InChI is InChI=1S/C20H20N4O2S/c1-12-5-4-6-15(22-12)17-18(24-10-9-21-20(24)23-17)13-7-8-16(27-3)14(11-13)19(25)26-2/h4-8,11H,9-10H2,1-3H3,(H,21,23). The molecule has 138 valence electrons. The Morgan fingerprint density at radius 1 is 1.26 bits per heavy atom. The van der Waals surface area contributed by atoms with Crippen LogP contribution in [0.4, 0.5) is 5.95 Å². The molecule has 4 rings (SSSR count). The Hall–Kier alpha value is -2.80. The molecule has 1 aliphatic rings. The van der Waals surface area contributed by atoms with Gasteiger partial charge in [-0.1, -0.05) is 12.1 Å². The van der Waals surface area contributed by atoms with Crippen LogP contribution in [0.3, 0.4) is 0 Å². The summed E-state index contributed by atoms with van der Waals surface area (Å²) in [7, 11) is 1.40. The highest BCUT2D eigenvalue weighted by Gasteiger charge is 2.25. The number of thioether (sulfide) groups is 1. The lowest BCUT2D eigenvalue weighted by Gasteiger charge is -2.11. The van der Waals surface area contributed by atoms with Crippen molar-refractivity contribution in [3.8, 4) is 22.6 Å². The Kier molecular flexibility index (Phi) is 4.61. The Labute approximate surface area is 162 Å². The monoisotopic (exact) mass is 380 g/mol. The van der Waals surface area contributed by atoms with Crippen molar-refractivity contribution >= 4 is 23.7 Å². The highest BCUT2D eigenvalue weighted by atomic mass is 32.2. The van der Waals surface area contributed by atoms with Gasteiger partial charge in [0.05, 0.1) is 24.1 Å². The van der Waals surface area contributed by atoms with Crippen LogP contribution >= 0.6 is 11.8 Å². The molecular formula is C20H20N4O2S. The number of benzene rings is 1. The van der Waals surface area contributed by atoms with Crippen LogP contribution in [0.1, 0.15) is 16.1 Å². The molecule has 0 amide bonds. The summed E-state index contributed by atoms with van der Waals surface area (Å²) < 4.78 is 7.12. The molecule has 1 N–H and O–H groups in total. The number of pyridine rings is 1. The summed E-state index contributed by atoms with van der Waals surface area (Å²) in [5, 5.41) is 3.31. The summed E-state index contributed by atoms with van der Waals surface area (Å²) in [6.07, 6.45) is 1.95. The van der Waals surface area contributed by atoms with Gasteiger partial charge in [-0.2, -0.15) is 0 Å². The van der Waals surface area contributed by atoms with Crippen LogP contribution in [0.15, 0.2) is 41.3 Å². The van der Waals surface area contributed by atoms with Gasteiger partial charge in [0, 0.05) is 29.2 Å². The molecule has 2 aromatic heterocycles. The SMILES string of the molecule is COC(=O)c1cc(-c2c(-c3cccc(C)n3)nc3n2CCN3)ccc1SC. The second kappa shape index (κ2) is 7.08. The summed E-state index contributed by atoms with van der Waals surface area (Å²) in [5.74, 6) is 0.493. The van der Waals surface area contributed by atoms with Gasteiger partial charge in [-0.05, 0) is 37.4 Å². The molecule has 7 heteroatoms. The Bertz CT molecular complexity index is 1030. The molecule has 0 unspecified atom stereocenters. The number of carbonyl (C=O) groups excluding carboxylic acids is 1. The van der Waals surface area contributed by atoms with E-state index in [-0.39, 0.29) is 5.97 Å². The predicted molar refractivity (Wildman–Crippen MR) is 107 cm³/mol. The molecule has 1 aliphatic heterocycles. The van der Waals surface area contributed by atoms with E-state index >= 15 is 0 Å². The molecule has 0 fully saturated rings. The predicted octanol–water partition coefficient (Wildman–Crippen LogP) is 3.85. The van der Waals surface area contributed by atoms with Gasteiger partial charge in [0.25, 0.3) is 0 Å². The molecule has 0 saturated carbocycles. The zero-order valence-corrected chi connectivity index (χ0v) is 16.3. The number of esters is 1. The van der Waals surface area contributed by atoms with E-state index < -0.39 is 0 Å². The molecule has 3 aromatic rings. The lowest BCUT2D eigenvalue weighted by Crippen LogP contribution is -2.05. The van der Waals surface area contributed by atoms with Gasteiger partial charge in [0.15, 0.2) is 0 Å². The first-order valence-corrected chi connectivity index (χ1v) is 9.90. The van der Waals surface area contributed by atoms with Gasteiger partial charge in [-0.15, -0.1) is 11.8 Å². The number of aryl methyl sites for hydroxylation is 1. The van der Waals surface area contributed by atoms with Crippen LogP contribution in [0.25, 0.3) is 22.6 Å². The summed E-state index contributed by atoms with van der Waals surface area (Å²) >= 11 is 1.53. The van der Waals surface area contributed by atoms with Gasteiger partial charge in [0.1, 0.15) is 5.69 Å². The third kappa shape index (κ3) is 3.08. The lowest BCUT2D eigenvalue weighted by molar-refractivity contribution is 0.0597. The summed E-state index contributed by atoms with van der Waals surface area (Å²) in [5.41, 5.74) is 5.02. The quantitative estimate of drug-likeness (QED) is 0.548. The second-order valence-corrected chi connectivity index (χ2v) is 7.13. The molecule has 6 nitrogen and oxygen atoms in total. The van der Waals surface area contributed by atoms with E-state index in [0.717, 1.165) is 52.3 Å². The first kappa shape index (κ1) is 17.6. The van der Waals surface area contributed by atoms with Gasteiger partial charge < -0.3 is 14.6 Å². The number of carbonyl (C=O) groups is 1. The molecule has 27 heavy (non-hydrogen) atoms. The third-order valence-corrected chi connectivity index (χ3v) is 5.39. The van der Waals surface area contributed by atoms with E-state index in [1.807, 2.05) is 49.6 Å². The van der Waals surface area contributed by atoms with Crippen LogP contribution in [-0.4, -0.2) is 40.4 Å². The zero-order chi connectivity index (χ0) is 19.0. The average molecular weight is 380 g/mol. The Morgan fingerprint density at radius 3 is 2.85 bits per heavy atom. The number of nitrogens with one attached hydrogen (secondary N) is 1. The van der Waals surface area contributed by atoms with Crippen LogP contribution in [0.5, 0.6) is 0 Å². The molecule has 3 heterocycles. The van der Waals surface area contributed by atoms with E-state index in [0.29, 0.717) is 5.56 Å². The maximum atomic E-state index is 12.3. The number of nitrogens with zero attached hydrogens (tertiary/aromatic N) is 3. The van der Waals surface area contributed by atoms with Crippen LogP contribution in [0.2, 0.25) is 0 Å². The number of ether oxygens (including phenoxy) is 1. The zero-order valence-electron chi connectivity index (χ0n) is 15.4. The molecule has 0 spiro atoms. The fourth-order valence-corrected chi connectivity index (χ4v) is 3.92. The Morgan fingerprint density at radius 2 is 2.11 bits per heavy atom. The number of fused-ring (bicyclic) bond motifs is 1. The van der Waals surface area contributed by atoms with Gasteiger partial charge >= 0.3 is 5.97 Å². The molecule has 0 radical (unpaired) electrons. The fourth-order valence-electron chi connectivity index (χ4n) is 3.36. The minimum Gasteiger partial charge on any atom is -0.465 e. The largest absolute Gasteiger partial charge is 0.465 e. The van der Waals surface area contributed by atoms with Crippen LogP contribution < -0.4 is 5.32 Å². The first-order valence-electron chi connectivity index (χ1n) is 8.67. The maximum Gasteiger partial charge on any atom is 0.339 e. The van der Waals surface area contributed by atoms with Gasteiger partial charge in [0.2, 0.25) is 5.95 Å². The van der Waals surface area contributed by atoms with Crippen molar-refractivity contribution < 1.29 is 9.53 Å². The molecule has 0 bridgehead atoms. The molecule has 0 aliphatic carbocycles. The van der Waals surface area contributed by atoms with E-state index in [1.54, 1.807) is 0 Å². The lowest BCUT2D eigenvalue weighted by atomic mass is 10.0. The number of anilines is 1. The summed E-state index contributed by atoms with van der Waals surface area (Å²) in [6.45, 7) is 3.62. The van der Waals surface area contributed by atoms with E-state index in [1.165, 1.54) is 18.9 Å². The molecule has 1 aromatic carbocycles. The van der Waals surface area contributed by atoms with Gasteiger partial charge in [-0.25, -0.2) is 9.78 Å². The smallest absolute Gasteiger partial charge is 0.339 e. The highest BCUT2D eigenvalue weighted by molar-refractivity contribution is 7.98. The number of methoxy groups -OCH3 is 1. The van der Waals surface area contributed by atoms with E-state index in [4.69, 9.17) is 9.72 Å². The van der Waals surface area contributed by atoms with Crippen molar-refractivity contribution in [2.45, 2.75) is 18.4 Å². The third-order valence-electron chi connectivity index (χ3n) is 4.60. The average Bonchev–Trinajstić information content (AvgIpc) is 3.28. The topological polar surface area (TPSA) is 69.0 Å². The van der Waals surface area contributed by atoms with Crippen molar-refractivity contribution in [3.63, 3.8) is 0 Å². The number of hydrogen-bond acceptors (Lipinski definition) is 6. The minimum atomic E-state index is -0.337. The number of rotatable bonds is 4. The minimum absolute atomic E-state index is 0.337. The van der Waals surface area contributed by atoms with E-state index in [9.17, 15) is 4.79 Å². The number of imidazole rings is 1. The van der Waals surface area contributed by atoms with Crippen molar-refractivity contribution in [3.05, 3.63) is 47.7 Å². The maximum absolute atomic E-state index is 12.3. The normalized spacial score (nSPS) is 12.6. The number of aromatic nitrogens is 3. The Balaban J connectivity index is 1.93. The summed E-state index contributed by atoms with van der Waals surface area (Å²) in [6, 6.07) is 11.8. The number of hydrogen-bond donors (Lipinski definition) is 1. The molecule has 0 saturated heterocycles. The van der Waals surface area contributed by atoms with Crippen LogP contribution in [0, 0.1) is 6.92 Å². The summed E-state index contributed by atoms with van der Waals surface area (Å²) in [4.78, 5) is 22.6. The first-order chi connectivity index (χ1) is 13.1.